The largest absolute Gasteiger partial charge is 0.390 e. The number of hydrogen-bond donors (Lipinski definition) is 3. The van der Waals surface area contributed by atoms with Gasteiger partial charge in [-0.15, -0.1) is 0 Å². The van der Waals surface area contributed by atoms with Gasteiger partial charge in [-0.05, 0) is 56.3 Å². The van der Waals surface area contributed by atoms with E-state index in [0.29, 0.717) is 28.8 Å². The van der Waals surface area contributed by atoms with E-state index in [-0.39, 0.29) is 29.5 Å². The Kier molecular flexibility index (Phi) is 6.04. The topological polar surface area (TPSA) is 64.6 Å². The van der Waals surface area contributed by atoms with Gasteiger partial charge in [-0.3, -0.25) is 4.79 Å². The molecule has 1 amide bonds. The normalized spacial score (nSPS) is 27.7. The van der Waals surface area contributed by atoms with Crippen LogP contribution in [-0.4, -0.2) is 53.7 Å². The molecular weight excluding hydrogens is 436 g/mol. The molecule has 3 heterocycles. The van der Waals surface area contributed by atoms with Crippen LogP contribution in [0, 0.1) is 17.6 Å². The first kappa shape index (κ1) is 23.1. The fourth-order valence-corrected chi connectivity index (χ4v) is 5.68. The van der Waals surface area contributed by atoms with Gasteiger partial charge in [0.15, 0.2) is 11.6 Å². The zero-order chi connectivity index (χ0) is 24.0. The minimum absolute atomic E-state index is 0.0584. The van der Waals surface area contributed by atoms with Crippen LogP contribution in [0.2, 0.25) is 0 Å². The fraction of sp³-hybridized carbons (Fsp3) is 0.444. The number of likely N-dealkylation sites (tertiary alicyclic amines) is 1. The van der Waals surface area contributed by atoms with Crippen molar-refractivity contribution in [2.45, 2.75) is 50.3 Å². The zero-order valence-electron chi connectivity index (χ0n) is 19.6. The van der Waals surface area contributed by atoms with Gasteiger partial charge in [-0.25, -0.2) is 8.78 Å². The summed E-state index contributed by atoms with van der Waals surface area (Å²) >= 11 is 0. The molecule has 0 aromatic heterocycles. The highest BCUT2D eigenvalue weighted by atomic mass is 19.2. The molecule has 2 aromatic rings. The Balaban J connectivity index is 1.42. The number of amides is 1. The lowest BCUT2D eigenvalue weighted by Gasteiger charge is -2.38. The SMILES string of the molecule is CC1CC(CC2(O)CCN(C)CC2)NC1/C=C1\C(=O)Nc2cccc(-c3cccc(F)c3F)c21. The maximum absolute atomic E-state index is 14.6. The van der Waals surface area contributed by atoms with Gasteiger partial charge >= 0.3 is 0 Å². The molecule has 2 aromatic carbocycles. The van der Waals surface area contributed by atoms with Crippen LogP contribution in [0.15, 0.2) is 42.5 Å². The van der Waals surface area contributed by atoms with E-state index in [2.05, 4.69) is 29.5 Å². The van der Waals surface area contributed by atoms with Crippen molar-refractivity contribution in [3.63, 3.8) is 0 Å². The van der Waals surface area contributed by atoms with Gasteiger partial charge in [-0.2, -0.15) is 0 Å². The van der Waals surface area contributed by atoms with E-state index in [1.54, 1.807) is 18.2 Å². The predicted octanol–water partition coefficient (Wildman–Crippen LogP) is 4.18. The fourth-order valence-electron chi connectivity index (χ4n) is 5.68. The molecule has 3 atom stereocenters. The summed E-state index contributed by atoms with van der Waals surface area (Å²) in [6, 6.07) is 9.42. The van der Waals surface area contributed by atoms with Crippen LogP contribution < -0.4 is 10.6 Å². The third-order valence-electron chi connectivity index (χ3n) is 7.66. The Morgan fingerprint density at radius 3 is 2.62 bits per heavy atom. The quantitative estimate of drug-likeness (QED) is 0.591. The minimum atomic E-state index is -0.923. The van der Waals surface area contributed by atoms with Crippen molar-refractivity contribution in [1.82, 2.24) is 10.2 Å². The molecule has 0 radical (unpaired) electrons. The molecule has 0 bridgehead atoms. The average molecular weight is 468 g/mol. The van der Waals surface area contributed by atoms with Crippen molar-refractivity contribution in [2.24, 2.45) is 5.92 Å². The smallest absolute Gasteiger partial charge is 0.256 e. The average Bonchev–Trinajstić information content (AvgIpc) is 3.31. The molecule has 0 spiro atoms. The van der Waals surface area contributed by atoms with Gasteiger partial charge in [0, 0.05) is 47.6 Å². The molecule has 2 saturated heterocycles. The number of piperidine rings is 1. The molecule has 3 unspecified atom stereocenters. The predicted molar refractivity (Wildman–Crippen MR) is 129 cm³/mol. The molecule has 5 rings (SSSR count). The van der Waals surface area contributed by atoms with Crippen molar-refractivity contribution < 1.29 is 18.7 Å². The summed E-state index contributed by atoms with van der Waals surface area (Å²) in [6.07, 6.45) is 5.04. The second-order valence-corrected chi connectivity index (χ2v) is 10.2. The number of halogens is 2. The van der Waals surface area contributed by atoms with Crippen molar-refractivity contribution in [3.8, 4) is 11.1 Å². The minimum Gasteiger partial charge on any atom is -0.390 e. The van der Waals surface area contributed by atoms with Gasteiger partial charge in [0.1, 0.15) is 0 Å². The van der Waals surface area contributed by atoms with Crippen LogP contribution in [0.1, 0.15) is 38.2 Å². The molecule has 3 aliphatic heterocycles. The number of aliphatic hydroxyl groups is 1. The zero-order valence-corrected chi connectivity index (χ0v) is 19.6. The lowest BCUT2D eigenvalue weighted by molar-refractivity contribution is -0.110. The van der Waals surface area contributed by atoms with Crippen molar-refractivity contribution in [1.29, 1.82) is 0 Å². The Hall–Kier alpha value is -2.61. The lowest BCUT2D eigenvalue weighted by atomic mass is 9.84. The number of benzene rings is 2. The van der Waals surface area contributed by atoms with E-state index in [4.69, 9.17) is 0 Å². The molecule has 3 N–H and O–H groups in total. The summed E-state index contributed by atoms with van der Waals surface area (Å²) in [4.78, 5) is 15.2. The van der Waals surface area contributed by atoms with E-state index in [9.17, 15) is 18.7 Å². The number of hydrogen-bond acceptors (Lipinski definition) is 4. The first-order valence-corrected chi connectivity index (χ1v) is 12.0. The van der Waals surface area contributed by atoms with Gasteiger partial charge in [0.25, 0.3) is 5.91 Å². The standard InChI is InChI=1S/C27H31F2N3O2/c1-16-13-17(15-27(34)9-11-32(2)12-10-27)30-23(16)14-20-24-18(5-4-8-22(24)31-26(20)33)19-6-3-7-21(28)25(19)29/h3-8,14,16-17,23,30,34H,9-13,15H2,1-2H3,(H,31,33)/b20-14-. The van der Waals surface area contributed by atoms with Crippen molar-refractivity contribution in [3.05, 3.63) is 59.7 Å². The highest BCUT2D eigenvalue weighted by molar-refractivity contribution is 6.33. The summed E-state index contributed by atoms with van der Waals surface area (Å²) < 4.78 is 28.6. The van der Waals surface area contributed by atoms with Crippen LogP contribution in [0.4, 0.5) is 14.5 Å². The van der Waals surface area contributed by atoms with Gasteiger partial charge in [0.05, 0.1) is 5.60 Å². The Labute approximate surface area is 198 Å². The number of rotatable bonds is 4. The van der Waals surface area contributed by atoms with E-state index < -0.39 is 17.2 Å². The summed E-state index contributed by atoms with van der Waals surface area (Å²) in [5.74, 6) is -1.82. The van der Waals surface area contributed by atoms with Gasteiger partial charge < -0.3 is 20.6 Å². The van der Waals surface area contributed by atoms with Crippen LogP contribution in [0.25, 0.3) is 16.7 Å². The molecular formula is C27H31F2N3O2. The maximum atomic E-state index is 14.6. The number of nitrogens with zero attached hydrogens (tertiary/aromatic N) is 1. The summed E-state index contributed by atoms with van der Waals surface area (Å²) in [6.45, 7) is 3.92. The number of nitrogens with one attached hydrogen (secondary N) is 2. The summed E-state index contributed by atoms with van der Waals surface area (Å²) in [7, 11) is 2.08. The molecule has 2 fully saturated rings. The Bertz CT molecular complexity index is 1140. The Morgan fingerprint density at radius 2 is 1.85 bits per heavy atom. The molecule has 5 nitrogen and oxygen atoms in total. The highest BCUT2D eigenvalue weighted by Gasteiger charge is 2.39. The van der Waals surface area contributed by atoms with Crippen molar-refractivity contribution >= 4 is 17.2 Å². The van der Waals surface area contributed by atoms with Gasteiger partial charge in [-0.1, -0.05) is 37.3 Å². The van der Waals surface area contributed by atoms with Crippen LogP contribution in [-0.2, 0) is 4.79 Å². The summed E-state index contributed by atoms with van der Waals surface area (Å²) in [5, 5.41) is 17.6. The number of carbonyl (C=O) groups is 1. The van der Waals surface area contributed by atoms with E-state index >= 15 is 0 Å². The highest BCUT2D eigenvalue weighted by Crippen LogP contribution is 2.42. The number of carbonyl (C=O) groups excluding carboxylic acids is 1. The summed E-state index contributed by atoms with van der Waals surface area (Å²) in [5.41, 5.74) is 1.63. The first-order valence-electron chi connectivity index (χ1n) is 12.0. The lowest BCUT2D eigenvalue weighted by Crippen LogP contribution is -2.46. The molecule has 180 valence electrons. The second-order valence-electron chi connectivity index (χ2n) is 10.2. The maximum Gasteiger partial charge on any atom is 0.256 e. The van der Waals surface area contributed by atoms with Crippen LogP contribution >= 0.6 is 0 Å². The monoisotopic (exact) mass is 467 g/mol. The van der Waals surface area contributed by atoms with Crippen LogP contribution in [0.5, 0.6) is 0 Å². The van der Waals surface area contributed by atoms with Gasteiger partial charge in [0.2, 0.25) is 0 Å². The molecule has 7 heteroatoms. The molecule has 0 saturated carbocycles. The first-order chi connectivity index (χ1) is 16.2. The number of fused-ring (bicyclic) bond motifs is 1. The molecule has 34 heavy (non-hydrogen) atoms. The van der Waals surface area contributed by atoms with E-state index in [1.807, 2.05) is 6.08 Å². The van der Waals surface area contributed by atoms with E-state index in [0.717, 1.165) is 38.4 Å². The molecule has 0 aliphatic carbocycles. The number of anilines is 1. The molecule has 3 aliphatic rings. The van der Waals surface area contributed by atoms with Crippen molar-refractivity contribution in [2.75, 3.05) is 25.5 Å². The second kappa shape index (κ2) is 8.87. The van der Waals surface area contributed by atoms with E-state index in [1.165, 1.54) is 12.1 Å². The third-order valence-corrected chi connectivity index (χ3v) is 7.66. The third kappa shape index (κ3) is 4.28. The Morgan fingerprint density at radius 1 is 1.15 bits per heavy atom. The van der Waals surface area contributed by atoms with Crippen LogP contribution in [0.3, 0.4) is 0 Å².